The van der Waals surface area contributed by atoms with E-state index in [1.165, 1.54) is 0 Å². The summed E-state index contributed by atoms with van der Waals surface area (Å²) in [5.74, 6) is 0. The van der Waals surface area contributed by atoms with E-state index >= 15 is 0 Å². The van der Waals surface area contributed by atoms with Crippen LogP contribution < -0.4 is 0 Å². The second-order valence-corrected chi connectivity index (χ2v) is 0.204. The molecule has 0 aliphatic carbocycles. The van der Waals surface area contributed by atoms with Crippen LogP contribution in [-0.4, -0.2) is 8.42 Å². The fourth-order valence-electron chi connectivity index (χ4n) is 0. The molecule has 0 atom stereocenters. The Bertz CT molecular complexity index is 27.0. The largest absolute Gasteiger partial charge is 0.335 e. The van der Waals surface area contributed by atoms with Gasteiger partial charge in [0.25, 0.3) is 0 Å². The monoisotopic (exact) mass is 84.0 g/mol. The molecular formula is HFO2S. The van der Waals surface area contributed by atoms with Crippen LogP contribution in [0, 0.1) is 0 Å². The molecule has 4 heteroatoms. The fraction of sp³-hybridized carbons (Fsp3) is 0. The van der Waals surface area contributed by atoms with Gasteiger partial charge in [-0.05, 0) is 0 Å². The topological polar surface area (TPSA) is 34.1 Å². The third kappa shape index (κ3) is 15.8. The van der Waals surface area contributed by atoms with Crippen LogP contribution in [0.5, 0.6) is 0 Å². The summed E-state index contributed by atoms with van der Waals surface area (Å²) in [5.41, 5.74) is 0. The molecule has 0 spiro atoms. The highest BCUT2D eigenvalue weighted by Gasteiger charge is 1.12. The van der Waals surface area contributed by atoms with E-state index in [0.717, 1.165) is 0 Å². The summed E-state index contributed by atoms with van der Waals surface area (Å²) in [7, 11) is 0. The van der Waals surface area contributed by atoms with Gasteiger partial charge in [0, 0.05) is 0 Å². The lowest BCUT2D eigenvalue weighted by molar-refractivity contribution is 0.630. The minimum absolute atomic E-state index is 0. The zero-order valence-electron chi connectivity index (χ0n) is 1.63. The van der Waals surface area contributed by atoms with Gasteiger partial charge in [0.15, 0.2) is 0 Å². The van der Waals surface area contributed by atoms with Crippen LogP contribution >= 0.6 is 0 Å². The molecule has 0 aromatic rings. The average Bonchev–Trinajstić information content (AvgIpc) is 0.918. The van der Waals surface area contributed by atoms with Crippen molar-refractivity contribution in [1.29, 1.82) is 0 Å². The molecule has 26 valence electrons. The van der Waals surface area contributed by atoms with Gasteiger partial charge in [0.1, 0.15) is 0 Å². The van der Waals surface area contributed by atoms with E-state index in [0.29, 0.717) is 0 Å². The van der Waals surface area contributed by atoms with Gasteiger partial charge in [-0.25, -0.2) is 0 Å². The molecule has 4 heavy (non-hydrogen) atoms. The second kappa shape index (κ2) is 15.0. The molecule has 0 amide bonds. The molecule has 0 aromatic heterocycles. The van der Waals surface area contributed by atoms with E-state index in [9.17, 15) is 0 Å². The zero-order valence-corrected chi connectivity index (χ0v) is 2.45. The molecule has 0 N–H and O–H groups in total. The molecule has 0 saturated heterocycles. The standard InChI is InChI=1S/FH.O2S/c;1-3-2/h1H;. The lowest BCUT2D eigenvalue weighted by Crippen LogP contribution is -1.18. The van der Waals surface area contributed by atoms with Gasteiger partial charge in [-0.2, -0.15) is 8.42 Å². The number of hydrogen-bond donors (Lipinski definition) is 0. The quantitative estimate of drug-likeness (QED) is 0.396. The SMILES string of the molecule is F.O=S=O. The highest BCUT2D eigenvalue weighted by molar-refractivity contribution is 7.51. The fourth-order valence-corrected chi connectivity index (χ4v) is 0. The number of rotatable bonds is 0. The Labute approximate surface area is 25.8 Å². The van der Waals surface area contributed by atoms with Crippen molar-refractivity contribution in [3.05, 3.63) is 0 Å². The van der Waals surface area contributed by atoms with Crippen LogP contribution in [0.3, 0.4) is 0 Å². The van der Waals surface area contributed by atoms with Crippen LogP contribution in [0.1, 0.15) is 0 Å². The normalized spacial score (nSPS) is 3.00. The summed E-state index contributed by atoms with van der Waals surface area (Å²) in [6, 6.07) is 0. The molecular weight excluding hydrogens is 83.1 g/mol. The van der Waals surface area contributed by atoms with Gasteiger partial charge in [-0.15, -0.1) is 0 Å². The third-order valence-corrected chi connectivity index (χ3v) is 0. The molecule has 0 aliphatic heterocycles. The summed E-state index contributed by atoms with van der Waals surface area (Å²) >= 11 is -0.750. The average molecular weight is 84.1 g/mol. The van der Waals surface area contributed by atoms with Crippen molar-refractivity contribution in [3.8, 4) is 0 Å². The summed E-state index contributed by atoms with van der Waals surface area (Å²) in [6.45, 7) is 0. The number of hydrogen-bond acceptors (Lipinski definition) is 2. The molecule has 0 bridgehead atoms. The molecule has 0 rings (SSSR count). The lowest BCUT2D eigenvalue weighted by Gasteiger charge is -0.947. The Kier molecular flexibility index (Phi) is 34.7. The first kappa shape index (κ1) is 9.26. The van der Waals surface area contributed by atoms with Crippen molar-refractivity contribution in [2.45, 2.75) is 0 Å². The molecule has 0 unspecified atom stereocenters. The van der Waals surface area contributed by atoms with Crippen molar-refractivity contribution in [2.24, 2.45) is 0 Å². The predicted octanol–water partition coefficient (Wildman–Crippen LogP) is -0.518. The van der Waals surface area contributed by atoms with Crippen LogP contribution in [0.2, 0.25) is 0 Å². The Morgan fingerprint density at radius 1 is 1.25 bits per heavy atom. The van der Waals surface area contributed by atoms with Crippen LogP contribution in [0.4, 0.5) is 4.70 Å². The van der Waals surface area contributed by atoms with Gasteiger partial charge in [-0.1, -0.05) is 0 Å². The van der Waals surface area contributed by atoms with E-state index in [-0.39, 0.29) is 4.70 Å². The van der Waals surface area contributed by atoms with Crippen molar-refractivity contribution in [1.82, 2.24) is 0 Å². The summed E-state index contributed by atoms with van der Waals surface area (Å²) < 4.78 is 16.6. The van der Waals surface area contributed by atoms with Crippen molar-refractivity contribution in [3.63, 3.8) is 0 Å². The highest BCUT2D eigenvalue weighted by atomic mass is 32.1. The van der Waals surface area contributed by atoms with Crippen molar-refractivity contribution >= 4 is 11.6 Å². The molecule has 0 radical (unpaired) electrons. The summed E-state index contributed by atoms with van der Waals surface area (Å²) in [5, 5.41) is 0. The Morgan fingerprint density at radius 3 is 1.25 bits per heavy atom. The first-order valence-corrected chi connectivity index (χ1v) is 1.00. The van der Waals surface area contributed by atoms with Gasteiger partial charge in [0.2, 0.25) is 0 Å². The Hall–Kier alpha value is -0.250. The van der Waals surface area contributed by atoms with Gasteiger partial charge < -0.3 is 0 Å². The zero-order chi connectivity index (χ0) is 2.71. The molecule has 0 saturated carbocycles. The summed E-state index contributed by atoms with van der Waals surface area (Å²) in [6.07, 6.45) is 0. The minimum Gasteiger partial charge on any atom is -0.269 e. The van der Waals surface area contributed by atoms with Crippen LogP contribution in [-0.2, 0) is 11.6 Å². The molecule has 0 aromatic carbocycles. The van der Waals surface area contributed by atoms with Crippen LogP contribution in [0.15, 0.2) is 0 Å². The van der Waals surface area contributed by atoms with Gasteiger partial charge in [-0.3, -0.25) is 4.70 Å². The molecule has 0 heterocycles. The maximum absolute atomic E-state index is 8.29. The second-order valence-electron chi connectivity index (χ2n) is 0.0680. The highest BCUT2D eigenvalue weighted by Crippen LogP contribution is 0.846. The third-order valence-electron chi connectivity index (χ3n) is 0. The van der Waals surface area contributed by atoms with Crippen molar-refractivity contribution in [2.75, 3.05) is 0 Å². The Morgan fingerprint density at radius 2 is 1.25 bits per heavy atom. The van der Waals surface area contributed by atoms with E-state index in [1.54, 1.807) is 0 Å². The maximum Gasteiger partial charge on any atom is 0.335 e. The van der Waals surface area contributed by atoms with E-state index in [4.69, 9.17) is 8.42 Å². The number of halogens is 1. The van der Waals surface area contributed by atoms with E-state index < -0.39 is 11.6 Å². The molecule has 0 aliphatic rings. The maximum atomic E-state index is 8.29. The smallest absolute Gasteiger partial charge is 0.269 e. The van der Waals surface area contributed by atoms with Crippen LogP contribution in [0.25, 0.3) is 0 Å². The Balaban J connectivity index is 0. The molecule has 2 nitrogen and oxygen atoms in total. The van der Waals surface area contributed by atoms with Crippen molar-refractivity contribution < 1.29 is 13.1 Å². The van der Waals surface area contributed by atoms with E-state index in [1.807, 2.05) is 0 Å². The van der Waals surface area contributed by atoms with Gasteiger partial charge >= 0.3 is 11.6 Å². The first-order chi connectivity index (χ1) is 1.41. The van der Waals surface area contributed by atoms with Gasteiger partial charge in [0.05, 0.1) is 0 Å². The first-order valence-electron chi connectivity index (χ1n) is 0.333. The predicted molar refractivity (Wildman–Crippen MR) is 11.4 cm³/mol. The lowest BCUT2D eigenvalue weighted by atomic mass is 15.9. The summed E-state index contributed by atoms with van der Waals surface area (Å²) in [4.78, 5) is 0. The minimum atomic E-state index is -0.750. The van der Waals surface area contributed by atoms with E-state index in [2.05, 4.69) is 0 Å². The molecule has 0 fully saturated rings.